The lowest BCUT2D eigenvalue weighted by Gasteiger charge is -2.12. The molecule has 3 aromatic carbocycles. The predicted octanol–water partition coefficient (Wildman–Crippen LogP) is 7.08. The SMILES string of the molecule is Cc1c(C)n(Cc2ccccc2F)c2c(-c3ccc4ccccc4c3)nccc12.Cl. The van der Waals surface area contributed by atoms with Crippen molar-refractivity contribution in [2.45, 2.75) is 20.4 Å². The molecule has 0 aliphatic carbocycles. The summed E-state index contributed by atoms with van der Waals surface area (Å²) in [6.07, 6.45) is 1.87. The molecule has 0 saturated carbocycles. The van der Waals surface area contributed by atoms with Crippen LogP contribution in [0.2, 0.25) is 0 Å². The van der Waals surface area contributed by atoms with Gasteiger partial charge in [0.2, 0.25) is 0 Å². The van der Waals surface area contributed by atoms with Gasteiger partial charge in [-0.3, -0.25) is 4.98 Å². The van der Waals surface area contributed by atoms with Gasteiger partial charge in [0, 0.05) is 28.4 Å². The van der Waals surface area contributed by atoms with Gasteiger partial charge in [-0.15, -0.1) is 12.4 Å². The van der Waals surface area contributed by atoms with E-state index in [2.05, 4.69) is 60.9 Å². The molecule has 0 aliphatic rings. The highest BCUT2D eigenvalue weighted by Gasteiger charge is 2.17. The molecule has 5 aromatic rings. The molecule has 2 heterocycles. The molecular weight excluding hydrogens is 395 g/mol. The first-order valence-corrected chi connectivity index (χ1v) is 9.80. The van der Waals surface area contributed by atoms with E-state index in [9.17, 15) is 4.39 Å². The van der Waals surface area contributed by atoms with E-state index in [1.54, 1.807) is 6.07 Å². The number of hydrogen-bond donors (Lipinski definition) is 0. The van der Waals surface area contributed by atoms with Crippen molar-refractivity contribution >= 4 is 34.1 Å². The van der Waals surface area contributed by atoms with Crippen molar-refractivity contribution in [1.29, 1.82) is 0 Å². The van der Waals surface area contributed by atoms with Crippen molar-refractivity contribution in [3.05, 3.63) is 102 Å². The first-order chi connectivity index (χ1) is 14.1. The Labute approximate surface area is 181 Å². The van der Waals surface area contributed by atoms with E-state index in [4.69, 9.17) is 4.98 Å². The van der Waals surface area contributed by atoms with E-state index in [-0.39, 0.29) is 18.2 Å². The molecule has 150 valence electrons. The summed E-state index contributed by atoms with van der Waals surface area (Å²) in [6, 6.07) is 23.8. The lowest BCUT2D eigenvalue weighted by atomic mass is 10.0. The van der Waals surface area contributed by atoms with Gasteiger partial charge in [0.25, 0.3) is 0 Å². The Morgan fingerprint density at radius 2 is 1.60 bits per heavy atom. The van der Waals surface area contributed by atoms with Crippen LogP contribution in [0.25, 0.3) is 32.9 Å². The van der Waals surface area contributed by atoms with Crippen LogP contribution < -0.4 is 0 Å². The average molecular weight is 417 g/mol. The number of halogens is 2. The van der Waals surface area contributed by atoms with Crippen LogP contribution in [0.4, 0.5) is 4.39 Å². The fraction of sp³-hybridized carbons (Fsp3) is 0.115. The molecule has 0 radical (unpaired) electrons. The molecule has 4 heteroatoms. The Bertz CT molecular complexity index is 1370. The molecule has 0 spiro atoms. The Hall–Kier alpha value is -3.17. The van der Waals surface area contributed by atoms with Gasteiger partial charge in [0.1, 0.15) is 5.82 Å². The van der Waals surface area contributed by atoms with Gasteiger partial charge in [0.05, 0.1) is 17.8 Å². The summed E-state index contributed by atoms with van der Waals surface area (Å²) >= 11 is 0. The number of nitrogens with zero attached hydrogens (tertiary/aromatic N) is 2. The molecular formula is C26H22ClFN2. The van der Waals surface area contributed by atoms with Gasteiger partial charge in [-0.05, 0) is 48.4 Å². The van der Waals surface area contributed by atoms with Crippen LogP contribution in [0.1, 0.15) is 16.8 Å². The summed E-state index contributed by atoms with van der Waals surface area (Å²) in [5, 5.41) is 3.55. The molecule has 0 fully saturated rings. The van der Waals surface area contributed by atoms with E-state index in [1.165, 1.54) is 22.4 Å². The number of benzene rings is 3. The van der Waals surface area contributed by atoms with Gasteiger partial charge < -0.3 is 4.57 Å². The Morgan fingerprint density at radius 1 is 0.867 bits per heavy atom. The maximum atomic E-state index is 14.4. The van der Waals surface area contributed by atoms with Crippen LogP contribution in [0.15, 0.2) is 79.0 Å². The molecule has 0 amide bonds. The van der Waals surface area contributed by atoms with E-state index in [1.807, 2.05) is 24.4 Å². The average Bonchev–Trinajstić information content (AvgIpc) is 3.00. The maximum Gasteiger partial charge on any atom is 0.128 e. The smallest absolute Gasteiger partial charge is 0.128 e. The number of rotatable bonds is 3. The van der Waals surface area contributed by atoms with Crippen molar-refractivity contribution in [3.8, 4) is 11.3 Å². The van der Waals surface area contributed by atoms with E-state index in [0.717, 1.165) is 27.9 Å². The van der Waals surface area contributed by atoms with Crippen LogP contribution in [0, 0.1) is 19.7 Å². The van der Waals surface area contributed by atoms with Crippen molar-refractivity contribution in [1.82, 2.24) is 9.55 Å². The third-order valence-corrected chi connectivity index (χ3v) is 5.85. The zero-order valence-corrected chi connectivity index (χ0v) is 17.7. The highest BCUT2D eigenvalue weighted by Crippen LogP contribution is 2.34. The third-order valence-electron chi connectivity index (χ3n) is 5.85. The minimum absolute atomic E-state index is 0. The summed E-state index contributed by atoms with van der Waals surface area (Å²) in [4.78, 5) is 4.75. The van der Waals surface area contributed by atoms with E-state index >= 15 is 0 Å². The third kappa shape index (κ3) is 3.25. The molecule has 0 N–H and O–H groups in total. The maximum absolute atomic E-state index is 14.4. The van der Waals surface area contributed by atoms with Gasteiger partial charge in [-0.25, -0.2) is 4.39 Å². The summed E-state index contributed by atoms with van der Waals surface area (Å²) in [5.74, 6) is -0.178. The molecule has 0 saturated heterocycles. The van der Waals surface area contributed by atoms with Crippen molar-refractivity contribution in [2.75, 3.05) is 0 Å². The first kappa shape index (κ1) is 20.1. The molecule has 0 aliphatic heterocycles. The van der Waals surface area contributed by atoms with E-state index < -0.39 is 0 Å². The van der Waals surface area contributed by atoms with Gasteiger partial charge in [0.15, 0.2) is 0 Å². The molecule has 2 aromatic heterocycles. The molecule has 5 rings (SSSR count). The minimum Gasteiger partial charge on any atom is -0.338 e. The van der Waals surface area contributed by atoms with Crippen LogP contribution in [0.5, 0.6) is 0 Å². The Morgan fingerprint density at radius 3 is 2.40 bits per heavy atom. The highest BCUT2D eigenvalue weighted by atomic mass is 35.5. The monoisotopic (exact) mass is 416 g/mol. The van der Waals surface area contributed by atoms with Gasteiger partial charge in [-0.2, -0.15) is 0 Å². The second-order valence-corrected chi connectivity index (χ2v) is 7.51. The fourth-order valence-electron chi connectivity index (χ4n) is 4.14. The topological polar surface area (TPSA) is 17.8 Å². The number of pyridine rings is 1. The normalized spacial score (nSPS) is 11.0. The zero-order valence-electron chi connectivity index (χ0n) is 16.9. The summed E-state index contributed by atoms with van der Waals surface area (Å²) in [6.45, 7) is 4.70. The van der Waals surface area contributed by atoms with Gasteiger partial charge >= 0.3 is 0 Å². The lowest BCUT2D eigenvalue weighted by molar-refractivity contribution is 0.600. The van der Waals surface area contributed by atoms with Crippen molar-refractivity contribution in [3.63, 3.8) is 0 Å². The molecule has 30 heavy (non-hydrogen) atoms. The van der Waals surface area contributed by atoms with Crippen molar-refractivity contribution < 1.29 is 4.39 Å². The zero-order chi connectivity index (χ0) is 20.0. The standard InChI is InChI=1S/C26H21FN2.ClH/c1-17-18(2)29(16-22-9-5-6-10-24(22)27)26-23(17)13-14-28-25(26)21-12-11-19-7-3-4-8-20(19)15-21;/h3-15H,16H2,1-2H3;1H. The number of fused-ring (bicyclic) bond motifs is 2. The minimum atomic E-state index is -0.178. The first-order valence-electron chi connectivity index (χ1n) is 9.80. The van der Waals surface area contributed by atoms with Crippen LogP contribution >= 0.6 is 12.4 Å². The molecule has 0 atom stereocenters. The second kappa shape index (κ2) is 7.92. The Balaban J connectivity index is 0.00000218. The number of aryl methyl sites for hydroxylation is 1. The van der Waals surface area contributed by atoms with Crippen LogP contribution in [-0.4, -0.2) is 9.55 Å². The van der Waals surface area contributed by atoms with E-state index in [0.29, 0.717) is 12.1 Å². The predicted molar refractivity (Wildman–Crippen MR) is 125 cm³/mol. The number of aromatic nitrogens is 2. The summed E-state index contributed by atoms with van der Waals surface area (Å²) in [5.41, 5.74) is 6.09. The molecule has 0 unspecified atom stereocenters. The van der Waals surface area contributed by atoms with Crippen molar-refractivity contribution in [2.24, 2.45) is 0 Å². The lowest BCUT2D eigenvalue weighted by Crippen LogP contribution is -2.05. The summed E-state index contributed by atoms with van der Waals surface area (Å²) in [7, 11) is 0. The quantitative estimate of drug-likeness (QED) is 0.307. The van der Waals surface area contributed by atoms with Crippen LogP contribution in [0.3, 0.4) is 0 Å². The highest BCUT2D eigenvalue weighted by molar-refractivity contribution is 5.97. The number of hydrogen-bond acceptors (Lipinski definition) is 1. The molecule has 2 nitrogen and oxygen atoms in total. The largest absolute Gasteiger partial charge is 0.338 e. The Kier molecular flexibility index (Phi) is 5.31. The second-order valence-electron chi connectivity index (χ2n) is 7.51. The fourth-order valence-corrected chi connectivity index (χ4v) is 4.14. The van der Waals surface area contributed by atoms with Gasteiger partial charge in [-0.1, -0.05) is 54.6 Å². The molecule has 0 bridgehead atoms. The van der Waals surface area contributed by atoms with Crippen LogP contribution in [-0.2, 0) is 6.54 Å². The summed E-state index contributed by atoms with van der Waals surface area (Å²) < 4.78 is 16.6.